The summed E-state index contributed by atoms with van der Waals surface area (Å²) in [5.74, 6) is 0. The van der Waals surface area contributed by atoms with E-state index in [-0.39, 0.29) is 0 Å². The van der Waals surface area contributed by atoms with Crippen molar-refractivity contribution in [2.24, 2.45) is 0 Å². The first-order chi connectivity index (χ1) is 15.5. The number of aromatic nitrogens is 1. The average Bonchev–Trinajstić information content (AvgIpc) is 3.12. The van der Waals surface area contributed by atoms with Crippen LogP contribution in [-0.2, 0) is 6.54 Å². The Morgan fingerprint density at radius 2 is 1.44 bits per heavy atom. The fourth-order valence-corrected chi connectivity index (χ4v) is 5.01. The lowest BCUT2D eigenvalue weighted by Gasteiger charge is -2.22. The number of aliphatic hydroxyl groups is 1. The molecule has 1 atom stereocenters. The minimum Gasteiger partial charge on any atom is -0.385 e. The topological polar surface area (TPSA) is 29.6 Å². The molecule has 166 valence electrons. The molecule has 4 aromatic rings. The molecule has 0 aliphatic carbocycles. The van der Waals surface area contributed by atoms with E-state index in [9.17, 15) is 5.11 Å². The Kier molecular flexibility index (Phi) is 6.78. The van der Waals surface area contributed by atoms with E-state index in [1.807, 2.05) is 0 Å². The van der Waals surface area contributed by atoms with Gasteiger partial charge in [0, 0.05) is 10.9 Å². The molecule has 0 aliphatic rings. The molecule has 0 unspecified atom stereocenters. The summed E-state index contributed by atoms with van der Waals surface area (Å²) in [4.78, 5) is 1.42. The molecule has 0 amide bonds. The number of fused-ring (bicyclic) bond motifs is 1. The maximum absolute atomic E-state index is 11.1. The molecule has 0 aliphatic heterocycles. The van der Waals surface area contributed by atoms with Crippen LogP contribution in [0.3, 0.4) is 0 Å². The summed E-state index contributed by atoms with van der Waals surface area (Å²) in [5.41, 5.74) is 8.57. The molecular weight excluding hydrogens is 392 g/mol. The molecule has 32 heavy (non-hydrogen) atoms. The number of likely N-dealkylation sites (N-methyl/N-ethyl adjacent to an activating group) is 1. The number of aryl methyl sites for hydroxylation is 2. The van der Waals surface area contributed by atoms with Gasteiger partial charge in [-0.15, -0.1) is 0 Å². The molecular formula is C29H35N2O+. The molecule has 0 saturated heterocycles. The van der Waals surface area contributed by atoms with Crippen LogP contribution in [-0.4, -0.2) is 35.4 Å². The monoisotopic (exact) mass is 427 g/mol. The highest BCUT2D eigenvalue weighted by atomic mass is 16.3. The van der Waals surface area contributed by atoms with Crippen molar-refractivity contribution in [2.45, 2.75) is 40.3 Å². The first-order valence-electron chi connectivity index (χ1n) is 11.8. The zero-order chi connectivity index (χ0) is 22.7. The molecule has 3 nitrogen and oxygen atoms in total. The SMILES string of the molecule is CC[NH+](CC)C[C@H](O)Cn1c(-c2ccccc2)c(-c2ccccc2)c2cc(C)cc(C)c21. The third-order valence-corrected chi connectivity index (χ3v) is 6.52. The predicted molar refractivity (Wildman–Crippen MR) is 135 cm³/mol. The number of nitrogens with zero attached hydrogens (tertiary/aromatic N) is 1. The van der Waals surface area contributed by atoms with Crippen molar-refractivity contribution in [3.8, 4) is 22.4 Å². The second-order valence-corrected chi connectivity index (χ2v) is 8.86. The molecule has 2 N–H and O–H groups in total. The molecule has 0 spiro atoms. The average molecular weight is 428 g/mol. The van der Waals surface area contributed by atoms with E-state index >= 15 is 0 Å². The van der Waals surface area contributed by atoms with Crippen LogP contribution < -0.4 is 4.90 Å². The Labute approximate surface area is 191 Å². The van der Waals surface area contributed by atoms with Gasteiger partial charge in [0.1, 0.15) is 12.6 Å². The number of hydrogen-bond donors (Lipinski definition) is 2. The fourth-order valence-electron chi connectivity index (χ4n) is 5.01. The quantitative estimate of drug-likeness (QED) is 0.412. The molecule has 0 fully saturated rings. The molecule has 3 heteroatoms. The van der Waals surface area contributed by atoms with Gasteiger partial charge >= 0.3 is 0 Å². The van der Waals surface area contributed by atoms with E-state index in [4.69, 9.17) is 0 Å². The van der Waals surface area contributed by atoms with Crippen molar-refractivity contribution in [1.29, 1.82) is 0 Å². The molecule has 0 saturated carbocycles. The van der Waals surface area contributed by atoms with Gasteiger partial charge in [-0.25, -0.2) is 0 Å². The highest BCUT2D eigenvalue weighted by Crippen LogP contribution is 2.42. The number of benzene rings is 3. The van der Waals surface area contributed by atoms with E-state index in [0.29, 0.717) is 6.54 Å². The third-order valence-electron chi connectivity index (χ3n) is 6.52. The number of quaternary nitrogens is 1. The van der Waals surface area contributed by atoms with Crippen LogP contribution in [0.1, 0.15) is 25.0 Å². The Hall–Kier alpha value is -2.88. The van der Waals surface area contributed by atoms with Crippen molar-refractivity contribution in [3.63, 3.8) is 0 Å². The molecule has 1 aromatic heterocycles. The largest absolute Gasteiger partial charge is 0.385 e. The number of rotatable bonds is 8. The maximum atomic E-state index is 11.1. The van der Waals surface area contributed by atoms with Crippen molar-refractivity contribution in [2.75, 3.05) is 19.6 Å². The van der Waals surface area contributed by atoms with Gasteiger partial charge in [0.15, 0.2) is 0 Å². The highest BCUT2D eigenvalue weighted by Gasteiger charge is 2.24. The molecule has 3 aromatic carbocycles. The summed E-state index contributed by atoms with van der Waals surface area (Å²) in [6.07, 6.45) is -0.410. The summed E-state index contributed by atoms with van der Waals surface area (Å²) in [6, 6.07) is 25.8. The van der Waals surface area contributed by atoms with Crippen LogP contribution in [0.5, 0.6) is 0 Å². The number of nitrogens with one attached hydrogen (secondary N) is 1. The zero-order valence-electron chi connectivity index (χ0n) is 19.7. The predicted octanol–water partition coefficient (Wildman–Crippen LogP) is 4.88. The molecule has 1 heterocycles. The molecule has 0 radical (unpaired) electrons. The van der Waals surface area contributed by atoms with Crippen molar-refractivity contribution in [1.82, 2.24) is 4.57 Å². The number of aliphatic hydroxyl groups excluding tert-OH is 1. The van der Waals surface area contributed by atoms with Crippen LogP contribution in [0.25, 0.3) is 33.3 Å². The summed E-state index contributed by atoms with van der Waals surface area (Å²) in [5, 5.41) is 12.4. The van der Waals surface area contributed by atoms with Gasteiger partial charge in [-0.05, 0) is 50.5 Å². The van der Waals surface area contributed by atoms with Gasteiger partial charge in [-0.1, -0.05) is 72.3 Å². The van der Waals surface area contributed by atoms with Gasteiger partial charge in [-0.2, -0.15) is 0 Å². The Morgan fingerprint density at radius 3 is 2.03 bits per heavy atom. The van der Waals surface area contributed by atoms with E-state index in [0.717, 1.165) is 19.6 Å². The van der Waals surface area contributed by atoms with Crippen molar-refractivity contribution < 1.29 is 10.0 Å². The third kappa shape index (κ3) is 4.36. The summed E-state index contributed by atoms with van der Waals surface area (Å²) < 4.78 is 2.37. The van der Waals surface area contributed by atoms with Crippen LogP contribution in [0.15, 0.2) is 72.8 Å². The Morgan fingerprint density at radius 1 is 0.844 bits per heavy atom. The van der Waals surface area contributed by atoms with Gasteiger partial charge < -0.3 is 14.6 Å². The lowest BCUT2D eigenvalue weighted by atomic mass is 9.97. The smallest absolute Gasteiger partial charge is 0.121 e. The Balaban J connectivity index is 1.99. The van der Waals surface area contributed by atoms with Crippen LogP contribution in [0.4, 0.5) is 0 Å². The van der Waals surface area contributed by atoms with E-state index < -0.39 is 6.10 Å². The maximum Gasteiger partial charge on any atom is 0.121 e. The van der Waals surface area contributed by atoms with E-state index in [1.165, 1.54) is 49.3 Å². The number of hydrogen-bond acceptors (Lipinski definition) is 1. The second-order valence-electron chi connectivity index (χ2n) is 8.86. The standard InChI is InChI=1S/C29H34N2O/c1-5-30(6-2)19-25(32)20-31-28-22(4)17-21(3)18-26(28)27(23-13-9-7-10-14-23)29(31)24-15-11-8-12-16-24/h7-18,25,32H,5-6,19-20H2,1-4H3/p+1/t25-/m0/s1. The van der Waals surface area contributed by atoms with E-state index in [2.05, 4.69) is 105 Å². The first-order valence-corrected chi connectivity index (χ1v) is 11.8. The second kappa shape index (κ2) is 9.72. The zero-order valence-corrected chi connectivity index (χ0v) is 19.7. The van der Waals surface area contributed by atoms with Crippen LogP contribution in [0.2, 0.25) is 0 Å². The van der Waals surface area contributed by atoms with Crippen LogP contribution in [0, 0.1) is 13.8 Å². The lowest BCUT2D eigenvalue weighted by Crippen LogP contribution is -3.12. The van der Waals surface area contributed by atoms with Gasteiger partial charge in [-0.3, -0.25) is 0 Å². The lowest BCUT2D eigenvalue weighted by molar-refractivity contribution is -0.899. The highest BCUT2D eigenvalue weighted by molar-refractivity contribution is 6.06. The minimum absolute atomic E-state index is 0.410. The van der Waals surface area contributed by atoms with Crippen LogP contribution >= 0.6 is 0 Å². The van der Waals surface area contributed by atoms with E-state index in [1.54, 1.807) is 0 Å². The van der Waals surface area contributed by atoms with Gasteiger partial charge in [0.05, 0.1) is 30.8 Å². The molecule has 4 rings (SSSR count). The van der Waals surface area contributed by atoms with Crippen molar-refractivity contribution in [3.05, 3.63) is 83.9 Å². The normalized spacial score (nSPS) is 12.6. The summed E-state index contributed by atoms with van der Waals surface area (Å²) in [7, 11) is 0. The Bertz CT molecular complexity index is 1170. The fraction of sp³-hybridized carbons (Fsp3) is 0.310. The summed E-state index contributed by atoms with van der Waals surface area (Å²) in [6.45, 7) is 12.1. The summed E-state index contributed by atoms with van der Waals surface area (Å²) >= 11 is 0. The molecule has 0 bridgehead atoms. The first kappa shape index (κ1) is 22.3. The van der Waals surface area contributed by atoms with Gasteiger partial charge in [0.25, 0.3) is 0 Å². The van der Waals surface area contributed by atoms with Crippen molar-refractivity contribution >= 4 is 10.9 Å². The minimum atomic E-state index is -0.410. The van der Waals surface area contributed by atoms with Gasteiger partial charge in [0.2, 0.25) is 0 Å².